The van der Waals surface area contributed by atoms with Crippen molar-refractivity contribution >= 4 is 17.6 Å². The number of carbonyl (C=O) groups excluding carboxylic acids is 2. The molecule has 1 heterocycles. The standard InChI is InChI=1S/C13H15NO3/c1-13(2,3)17-12(16)14-8-11(15)9-6-4-5-7-10(9)14/h4-7H,8H2,1-3H3. The molecule has 17 heavy (non-hydrogen) atoms. The largest absolute Gasteiger partial charge is 0.443 e. The average molecular weight is 233 g/mol. The van der Waals surface area contributed by atoms with Gasteiger partial charge in [-0.05, 0) is 32.9 Å². The number of benzene rings is 1. The average Bonchev–Trinajstić information content (AvgIpc) is 2.55. The first-order chi connectivity index (χ1) is 7.88. The molecule has 1 amide bonds. The Labute approximate surface area is 100 Å². The second-order valence-corrected chi connectivity index (χ2v) is 5.01. The molecule has 0 spiro atoms. The third kappa shape index (κ3) is 2.30. The number of rotatable bonds is 0. The van der Waals surface area contributed by atoms with Gasteiger partial charge in [-0.1, -0.05) is 12.1 Å². The molecule has 4 heteroatoms. The van der Waals surface area contributed by atoms with Gasteiger partial charge in [0.05, 0.1) is 12.2 Å². The Kier molecular flexibility index (Phi) is 2.65. The van der Waals surface area contributed by atoms with E-state index < -0.39 is 11.7 Å². The smallest absolute Gasteiger partial charge is 0.415 e. The molecular formula is C13H15NO3. The molecule has 1 aromatic carbocycles. The van der Waals surface area contributed by atoms with Crippen LogP contribution >= 0.6 is 0 Å². The lowest BCUT2D eigenvalue weighted by molar-refractivity contribution is 0.0579. The predicted molar refractivity (Wildman–Crippen MR) is 64.4 cm³/mol. The number of hydrogen-bond donors (Lipinski definition) is 0. The molecule has 2 rings (SSSR count). The zero-order chi connectivity index (χ0) is 12.6. The van der Waals surface area contributed by atoms with Crippen LogP contribution in [0, 0.1) is 0 Å². The van der Waals surface area contributed by atoms with Gasteiger partial charge in [-0.15, -0.1) is 0 Å². The van der Waals surface area contributed by atoms with E-state index in [2.05, 4.69) is 0 Å². The molecule has 1 aliphatic rings. The molecule has 0 N–H and O–H groups in total. The molecule has 90 valence electrons. The number of Topliss-reactive ketones (excluding diaryl/α,β-unsaturated/α-hetero) is 1. The van der Waals surface area contributed by atoms with Crippen molar-refractivity contribution in [2.45, 2.75) is 26.4 Å². The molecular weight excluding hydrogens is 218 g/mol. The molecule has 1 aliphatic heterocycles. The first kappa shape index (κ1) is 11.6. The van der Waals surface area contributed by atoms with Gasteiger partial charge < -0.3 is 4.74 Å². The summed E-state index contributed by atoms with van der Waals surface area (Å²) in [4.78, 5) is 25.0. The summed E-state index contributed by atoms with van der Waals surface area (Å²) < 4.78 is 5.26. The fourth-order valence-electron chi connectivity index (χ4n) is 1.74. The molecule has 0 unspecified atom stereocenters. The third-order valence-electron chi connectivity index (χ3n) is 2.41. The molecule has 0 aromatic heterocycles. The van der Waals surface area contributed by atoms with E-state index in [1.807, 2.05) is 0 Å². The molecule has 0 bridgehead atoms. The molecule has 0 atom stereocenters. The predicted octanol–water partition coefficient (Wildman–Crippen LogP) is 2.62. The zero-order valence-corrected chi connectivity index (χ0v) is 10.2. The summed E-state index contributed by atoms with van der Waals surface area (Å²) in [5.41, 5.74) is 0.655. The van der Waals surface area contributed by atoms with Crippen LogP contribution in [0.15, 0.2) is 24.3 Å². The van der Waals surface area contributed by atoms with Gasteiger partial charge in [0.2, 0.25) is 0 Å². The van der Waals surface area contributed by atoms with E-state index in [1.54, 1.807) is 45.0 Å². The minimum absolute atomic E-state index is 0.0496. The lowest BCUT2D eigenvalue weighted by Gasteiger charge is -2.24. The van der Waals surface area contributed by atoms with Crippen LogP contribution in [0.1, 0.15) is 31.1 Å². The minimum Gasteiger partial charge on any atom is -0.443 e. The first-order valence-corrected chi connectivity index (χ1v) is 5.51. The summed E-state index contributed by atoms with van der Waals surface area (Å²) in [7, 11) is 0. The molecule has 0 aliphatic carbocycles. The van der Waals surface area contributed by atoms with Crippen LogP contribution in [0.3, 0.4) is 0 Å². The fourth-order valence-corrected chi connectivity index (χ4v) is 1.74. The van der Waals surface area contributed by atoms with Crippen molar-refractivity contribution in [2.75, 3.05) is 11.4 Å². The van der Waals surface area contributed by atoms with E-state index in [9.17, 15) is 9.59 Å². The Bertz CT molecular complexity index is 474. The third-order valence-corrected chi connectivity index (χ3v) is 2.41. The van der Waals surface area contributed by atoms with Gasteiger partial charge in [0, 0.05) is 5.56 Å². The molecule has 1 aromatic rings. The van der Waals surface area contributed by atoms with E-state index in [4.69, 9.17) is 4.74 Å². The van der Waals surface area contributed by atoms with Crippen LogP contribution in [-0.2, 0) is 4.74 Å². The number of anilines is 1. The second kappa shape index (κ2) is 3.87. The van der Waals surface area contributed by atoms with Gasteiger partial charge in [-0.2, -0.15) is 0 Å². The lowest BCUT2D eigenvalue weighted by atomic mass is 10.1. The van der Waals surface area contributed by atoms with E-state index in [0.29, 0.717) is 11.3 Å². The lowest BCUT2D eigenvalue weighted by Crippen LogP contribution is -2.36. The number of ether oxygens (including phenoxy) is 1. The number of para-hydroxylation sites is 1. The van der Waals surface area contributed by atoms with Gasteiger partial charge in [0.25, 0.3) is 0 Å². The summed E-state index contributed by atoms with van der Waals surface area (Å²) in [6.07, 6.45) is -0.476. The van der Waals surface area contributed by atoms with E-state index in [0.717, 1.165) is 0 Å². The number of hydrogen-bond acceptors (Lipinski definition) is 3. The van der Waals surface area contributed by atoms with Crippen molar-refractivity contribution in [3.63, 3.8) is 0 Å². The Hall–Kier alpha value is -1.84. The van der Waals surface area contributed by atoms with Crippen LogP contribution < -0.4 is 4.90 Å². The molecule has 0 saturated carbocycles. The van der Waals surface area contributed by atoms with Crippen LogP contribution in [0.25, 0.3) is 0 Å². The normalized spacial score (nSPS) is 14.8. The Balaban J connectivity index is 2.26. The van der Waals surface area contributed by atoms with Crippen molar-refractivity contribution in [3.8, 4) is 0 Å². The summed E-state index contributed by atoms with van der Waals surface area (Å²) in [6, 6.07) is 7.07. The van der Waals surface area contributed by atoms with Crippen molar-refractivity contribution < 1.29 is 14.3 Å². The number of carbonyl (C=O) groups is 2. The topological polar surface area (TPSA) is 46.6 Å². The molecule has 0 radical (unpaired) electrons. The van der Waals surface area contributed by atoms with E-state index in [-0.39, 0.29) is 12.3 Å². The maximum Gasteiger partial charge on any atom is 0.415 e. The maximum atomic E-state index is 11.9. The highest BCUT2D eigenvalue weighted by Crippen LogP contribution is 2.28. The number of fused-ring (bicyclic) bond motifs is 1. The van der Waals surface area contributed by atoms with Crippen LogP contribution in [0.2, 0.25) is 0 Å². The highest BCUT2D eigenvalue weighted by molar-refractivity contribution is 6.14. The Morgan fingerprint density at radius 1 is 1.29 bits per heavy atom. The number of nitrogens with zero attached hydrogens (tertiary/aromatic N) is 1. The Morgan fingerprint density at radius 3 is 2.59 bits per heavy atom. The van der Waals surface area contributed by atoms with Gasteiger partial charge >= 0.3 is 6.09 Å². The van der Waals surface area contributed by atoms with Crippen molar-refractivity contribution in [1.29, 1.82) is 0 Å². The van der Waals surface area contributed by atoms with E-state index in [1.165, 1.54) is 4.90 Å². The number of ketones is 1. The van der Waals surface area contributed by atoms with Gasteiger partial charge in [-0.25, -0.2) is 4.79 Å². The minimum atomic E-state index is -0.558. The first-order valence-electron chi connectivity index (χ1n) is 5.51. The summed E-state index contributed by atoms with van der Waals surface area (Å²) in [5, 5.41) is 0. The van der Waals surface area contributed by atoms with Crippen LogP contribution in [0.5, 0.6) is 0 Å². The molecule has 0 saturated heterocycles. The number of amides is 1. The maximum absolute atomic E-state index is 11.9. The second-order valence-electron chi connectivity index (χ2n) is 5.01. The van der Waals surface area contributed by atoms with Gasteiger partial charge in [0.1, 0.15) is 5.60 Å². The van der Waals surface area contributed by atoms with Crippen molar-refractivity contribution in [1.82, 2.24) is 0 Å². The highest BCUT2D eigenvalue weighted by Gasteiger charge is 2.33. The quantitative estimate of drug-likeness (QED) is 0.692. The van der Waals surface area contributed by atoms with Gasteiger partial charge in [0.15, 0.2) is 5.78 Å². The fraction of sp³-hybridized carbons (Fsp3) is 0.385. The van der Waals surface area contributed by atoms with Crippen LogP contribution in [0.4, 0.5) is 10.5 Å². The summed E-state index contributed by atoms with van der Waals surface area (Å²) in [6.45, 7) is 5.46. The monoisotopic (exact) mass is 233 g/mol. The highest BCUT2D eigenvalue weighted by atomic mass is 16.6. The van der Waals surface area contributed by atoms with Crippen molar-refractivity contribution in [3.05, 3.63) is 29.8 Å². The molecule has 0 fully saturated rings. The van der Waals surface area contributed by atoms with Gasteiger partial charge in [-0.3, -0.25) is 9.69 Å². The van der Waals surface area contributed by atoms with Crippen LogP contribution in [-0.4, -0.2) is 24.0 Å². The van der Waals surface area contributed by atoms with Crippen molar-refractivity contribution in [2.24, 2.45) is 0 Å². The molecule has 4 nitrogen and oxygen atoms in total. The van der Waals surface area contributed by atoms with E-state index >= 15 is 0 Å². The summed E-state index contributed by atoms with van der Waals surface area (Å²) >= 11 is 0. The summed E-state index contributed by atoms with van der Waals surface area (Å²) in [5.74, 6) is -0.0496. The SMILES string of the molecule is CC(C)(C)OC(=O)N1CC(=O)c2ccccc21. The Morgan fingerprint density at radius 2 is 1.94 bits per heavy atom. The zero-order valence-electron chi connectivity index (χ0n) is 10.2.